The maximum atomic E-state index is 13.2. The minimum Gasteiger partial charge on any atom is -0.355 e. The van der Waals surface area contributed by atoms with Crippen molar-refractivity contribution in [1.82, 2.24) is 15.4 Å². The molecule has 2 amide bonds. The van der Waals surface area contributed by atoms with E-state index >= 15 is 0 Å². The lowest BCUT2D eigenvalue weighted by atomic mass is 9.94. The highest BCUT2D eigenvalue weighted by atomic mass is 35.5. The topological polar surface area (TPSA) is 75.4 Å². The minimum atomic E-state index is -0.493. The standard InChI is InChI=1S/C20H26ClN3O3S/c1-11(2)7-13-10-24(15(8-12(3)4)19(25)22-13)20(26)14-9-16(27-23-14)17-5-6-18(21)28-17/h5-6,9,11-13,15H,7-8,10H2,1-4H3,(H,22,25)/t13?,15-/m0/s1. The number of rotatable bonds is 6. The third-order valence-electron chi connectivity index (χ3n) is 4.70. The first-order valence-corrected chi connectivity index (χ1v) is 10.8. The Morgan fingerprint density at radius 3 is 2.64 bits per heavy atom. The molecular weight excluding hydrogens is 398 g/mol. The number of hydrogen-bond donors (Lipinski definition) is 1. The van der Waals surface area contributed by atoms with Crippen LogP contribution in [0.1, 0.15) is 51.0 Å². The Labute approximate surface area is 174 Å². The summed E-state index contributed by atoms with van der Waals surface area (Å²) in [6.45, 7) is 8.78. The van der Waals surface area contributed by atoms with E-state index in [1.807, 2.05) is 19.9 Å². The monoisotopic (exact) mass is 423 g/mol. The molecular formula is C20H26ClN3O3S. The predicted molar refractivity (Wildman–Crippen MR) is 110 cm³/mol. The molecule has 0 aliphatic carbocycles. The molecule has 0 spiro atoms. The maximum Gasteiger partial charge on any atom is 0.276 e. The van der Waals surface area contributed by atoms with Crippen molar-refractivity contribution in [3.05, 3.63) is 28.2 Å². The van der Waals surface area contributed by atoms with Crippen LogP contribution in [0.3, 0.4) is 0 Å². The molecule has 0 saturated carbocycles. The van der Waals surface area contributed by atoms with Crippen LogP contribution in [0.15, 0.2) is 22.7 Å². The first-order valence-electron chi connectivity index (χ1n) is 9.58. The van der Waals surface area contributed by atoms with Crippen LogP contribution in [-0.2, 0) is 4.79 Å². The summed E-state index contributed by atoms with van der Waals surface area (Å²) >= 11 is 7.34. The molecule has 0 aromatic carbocycles. The molecule has 0 bridgehead atoms. The molecule has 2 aromatic heterocycles. The van der Waals surface area contributed by atoms with E-state index in [0.717, 1.165) is 11.3 Å². The van der Waals surface area contributed by atoms with Crippen LogP contribution in [0, 0.1) is 11.8 Å². The summed E-state index contributed by atoms with van der Waals surface area (Å²) < 4.78 is 6.00. The van der Waals surface area contributed by atoms with Gasteiger partial charge < -0.3 is 14.7 Å². The van der Waals surface area contributed by atoms with Crippen LogP contribution in [-0.4, -0.2) is 40.5 Å². The van der Waals surface area contributed by atoms with Crippen molar-refractivity contribution in [2.45, 2.75) is 52.6 Å². The van der Waals surface area contributed by atoms with Crippen molar-refractivity contribution >= 4 is 34.8 Å². The van der Waals surface area contributed by atoms with Gasteiger partial charge in [-0.1, -0.05) is 44.5 Å². The zero-order chi connectivity index (χ0) is 20.4. The second kappa shape index (κ2) is 8.66. The first kappa shape index (κ1) is 20.9. The highest BCUT2D eigenvalue weighted by Crippen LogP contribution is 2.32. The van der Waals surface area contributed by atoms with E-state index in [9.17, 15) is 9.59 Å². The molecule has 1 unspecified atom stereocenters. The Bertz CT molecular complexity index is 845. The zero-order valence-corrected chi connectivity index (χ0v) is 18.1. The molecule has 28 heavy (non-hydrogen) atoms. The van der Waals surface area contributed by atoms with Gasteiger partial charge in [0.15, 0.2) is 11.5 Å². The Balaban J connectivity index is 1.84. The van der Waals surface area contributed by atoms with E-state index in [-0.39, 0.29) is 29.5 Å². The van der Waals surface area contributed by atoms with Crippen LogP contribution >= 0.6 is 22.9 Å². The van der Waals surface area contributed by atoms with E-state index < -0.39 is 6.04 Å². The lowest BCUT2D eigenvalue weighted by Crippen LogP contribution is -2.62. The summed E-state index contributed by atoms with van der Waals surface area (Å²) in [5.74, 6) is 0.848. The Morgan fingerprint density at radius 1 is 1.32 bits per heavy atom. The van der Waals surface area contributed by atoms with Crippen molar-refractivity contribution in [2.24, 2.45) is 11.8 Å². The number of piperazine rings is 1. The normalized spacial score (nSPS) is 20.1. The smallest absolute Gasteiger partial charge is 0.276 e. The zero-order valence-electron chi connectivity index (χ0n) is 16.6. The van der Waals surface area contributed by atoms with Gasteiger partial charge in [0.1, 0.15) is 6.04 Å². The van der Waals surface area contributed by atoms with Gasteiger partial charge in [-0.15, -0.1) is 11.3 Å². The largest absolute Gasteiger partial charge is 0.355 e. The lowest BCUT2D eigenvalue weighted by molar-refractivity contribution is -0.130. The molecule has 1 fully saturated rings. The molecule has 1 aliphatic heterocycles. The lowest BCUT2D eigenvalue weighted by Gasteiger charge is -2.40. The number of aromatic nitrogens is 1. The fourth-order valence-corrected chi connectivity index (χ4v) is 4.53. The quantitative estimate of drug-likeness (QED) is 0.744. The number of halogens is 1. The SMILES string of the molecule is CC(C)CC1CN(C(=O)c2cc(-c3ccc(Cl)s3)on2)[C@@H](CC(C)C)C(=O)N1. The highest BCUT2D eigenvalue weighted by Gasteiger charge is 2.39. The average molecular weight is 424 g/mol. The predicted octanol–water partition coefficient (Wildman–Crippen LogP) is 4.46. The Kier molecular flexibility index (Phi) is 6.45. The van der Waals surface area contributed by atoms with Gasteiger partial charge in [-0.2, -0.15) is 0 Å². The van der Waals surface area contributed by atoms with E-state index in [0.29, 0.717) is 29.0 Å². The molecule has 152 valence electrons. The second-order valence-electron chi connectivity index (χ2n) is 8.12. The van der Waals surface area contributed by atoms with Crippen molar-refractivity contribution < 1.29 is 14.1 Å². The fraction of sp³-hybridized carbons (Fsp3) is 0.550. The van der Waals surface area contributed by atoms with Crippen LogP contribution in [0.4, 0.5) is 0 Å². The molecule has 6 nitrogen and oxygen atoms in total. The number of carbonyl (C=O) groups is 2. The summed E-state index contributed by atoms with van der Waals surface area (Å²) in [4.78, 5) is 28.4. The van der Waals surface area contributed by atoms with E-state index in [1.165, 1.54) is 11.3 Å². The van der Waals surface area contributed by atoms with Crippen LogP contribution in [0.25, 0.3) is 10.6 Å². The van der Waals surface area contributed by atoms with Crippen molar-refractivity contribution in [1.29, 1.82) is 0 Å². The van der Waals surface area contributed by atoms with E-state index in [1.54, 1.807) is 17.0 Å². The molecule has 3 rings (SSSR count). The summed E-state index contributed by atoms with van der Waals surface area (Å²) in [5, 5.41) is 7.05. The summed E-state index contributed by atoms with van der Waals surface area (Å²) in [5.41, 5.74) is 0.214. The fourth-order valence-electron chi connectivity index (χ4n) is 3.54. The number of carbonyl (C=O) groups excluding carboxylic acids is 2. The molecule has 1 aliphatic rings. The van der Waals surface area contributed by atoms with E-state index in [4.69, 9.17) is 16.1 Å². The highest BCUT2D eigenvalue weighted by molar-refractivity contribution is 7.19. The van der Waals surface area contributed by atoms with Crippen LogP contribution in [0.2, 0.25) is 4.34 Å². The first-order chi connectivity index (χ1) is 13.2. The number of amides is 2. The maximum absolute atomic E-state index is 13.2. The number of nitrogens with one attached hydrogen (secondary N) is 1. The molecule has 2 aromatic rings. The summed E-state index contributed by atoms with van der Waals surface area (Å²) in [6, 6.07) is 4.68. The molecule has 1 N–H and O–H groups in total. The third kappa shape index (κ3) is 4.75. The van der Waals surface area contributed by atoms with Gasteiger partial charge in [0.2, 0.25) is 5.91 Å². The summed E-state index contributed by atoms with van der Waals surface area (Å²) in [7, 11) is 0. The van der Waals surface area contributed by atoms with Crippen molar-refractivity contribution in [2.75, 3.05) is 6.54 Å². The van der Waals surface area contributed by atoms with E-state index in [2.05, 4.69) is 24.3 Å². The molecule has 3 heterocycles. The summed E-state index contributed by atoms with van der Waals surface area (Å²) in [6.07, 6.45) is 1.43. The second-order valence-corrected chi connectivity index (χ2v) is 9.83. The van der Waals surface area contributed by atoms with Crippen LogP contribution < -0.4 is 5.32 Å². The van der Waals surface area contributed by atoms with Crippen LogP contribution in [0.5, 0.6) is 0 Å². The Hall–Kier alpha value is -1.86. The molecule has 8 heteroatoms. The number of thiophene rings is 1. The van der Waals surface area contributed by atoms with Crippen molar-refractivity contribution in [3.63, 3.8) is 0 Å². The molecule has 2 atom stereocenters. The van der Waals surface area contributed by atoms with Gasteiger partial charge in [-0.3, -0.25) is 9.59 Å². The van der Waals surface area contributed by atoms with Gasteiger partial charge in [0.25, 0.3) is 5.91 Å². The van der Waals surface area contributed by atoms with Gasteiger partial charge in [0.05, 0.1) is 9.21 Å². The third-order valence-corrected chi connectivity index (χ3v) is 5.94. The number of nitrogens with zero attached hydrogens (tertiary/aromatic N) is 2. The van der Waals surface area contributed by atoms with Gasteiger partial charge in [-0.25, -0.2) is 0 Å². The van der Waals surface area contributed by atoms with Gasteiger partial charge >= 0.3 is 0 Å². The van der Waals surface area contributed by atoms with Crippen molar-refractivity contribution in [3.8, 4) is 10.6 Å². The molecule has 1 saturated heterocycles. The minimum absolute atomic E-state index is 0.0534. The van der Waals surface area contributed by atoms with Gasteiger partial charge in [-0.05, 0) is 36.8 Å². The number of hydrogen-bond acceptors (Lipinski definition) is 5. The van der Waals surface area contributed by atoms with Gasteiger partial charge in [0, 0.05) is 18.7 Å². The average Bonchev–Trinajstić information content (AvgIpc) is 3.24. The Morgan fingerprint density at radius 2 is 2.04 bits per heavy atom. The molecule has 0 radical (unpaired) electrons.